The molecule has 27 heavy (non-hydrogen) atoms. The number of methoxy groups -OCH3 is 1. The van der Waals surface area contributed by atoms with Crippen molar-refractivity contribution >= 4 is 28.7 Å². The Morgan fingerprint density at radius 3 is 2.81 bits per heavy atom. The number of nitrogens with zero attached hydrogens (tertiary/aromatic N) is 1. The Bertz CT molecular complexity index is 1060. The van der Waals surface area contributed by atoms with Crippen molar-refractivity contribution in [2.75, 3.05) is 19.0 Å². The molecule has 0 fully saturated rings. The van der Waals surface area contributed by atoms with Crippen LogP contribution < -0.4 is 20.9 Å². The minimum atomic E-state index is -0.313. The predicted octanol–water partition coefficient (Wildman–Crippen LogP) is 2.96. The van der Waals surface area contributed by atoms with Crippen molar-refractivity contribution in [3.63, 3.8) is 0 Å². The first-order chi connectivity index (χ1) is 13.0. The van der Waals surface area contributed by atoms with Gasteiger partial charge in [0.25, 0.3) is 11.5 Å². The van der Waals surface area contributed by atoms with Crippen LogP contribution in [-0.4, -0.2) is 29.2 Å². The highest BCUT2D eigenvalue weighted by Gasteiger charge is 2.17. The minimum Gasteiger partial charge on any atom is -0.496 e. The molecule has 1 aromatic carbocycles. The van der Waals surface area contributed by atoms with E-state index >= 15 is 0 Å². The quantitative estimate of drug-likeness (QED) is 0.605. The van der Waals surface area contributed by atoms with Gasteiger partial charge in [-0.05, 0) is 37.6 Å². The molecule has 0 saturated carbocycles. The predicted molar refractivity (Wildman–Crippen MR) is 106 cm³/mol. The zero-order chi connectivity index (χ0) is 19.6. The molecule has 2 aromatic heterocycles. The van der Waals surface area contributed by atoms with Gasteiger partial charge in [-0.2, -0.15) is 0 Å². The lowest BCUT2D eigenvalue weighted by molar-refractivity contribution is 0.0950. The monoisotopic (exact) mass is 388 g/mol. The van der Waals surface area contributed by atoms with Crippen LogP contribution in [0.15, 0.2) is 35.3 Å². The third kappa shape index (κ3) is 3.64. The van der Waals surface area contributed by atoms with Crippen LogP contribution in [0.3, 0.4) is 0 Å². The number of hydrogen-bond donors (Lipinski definition) is 3. The van der Waals surface area contributed by atoms with E-state index < -0.39 is 0 Å². The van der Waals surface area contributed by atoms with Crippen molar-refractivity contribution in [1.82, 2.24) is 14.9 Å². The summed E-state index contributed by atoms with van der Waals surface area (Å²) >= 11 is 6.15. The van der Waals surface area contributed by atoms with Crippen LogP contribution >= 0.6 is 11.6 Å². The molecular formula is C19H21ClN4O3. The van der Waals surface area contributed by atoms with Gasteiger partial charge in [0, 0.05) is 35.1 Å². The van der Waals surface area contributed by atoms with E-state index in [0.29, 0.717) is 34.0 Å². The SMILES string of the molecule is CCNc1cc(Cl)cc(C(=O)NCc2c(OC)cc3cc[nH]n3c2=O)c1C. The third-order valence-corrected chi connectivity index (χ3v) is 4.60. The Morgan fingerprint density at radius 2 is 2.11 bits per heavy atom. The first-order valence-corrected chi connectivity index (χ1v) is 8.92. The molecule has 8 heteroatoms. The van der Waals surface area contributed by atoms with E-state index in [1.165, 1.54) is 11.6 Å². The number of ether oxygens (including phenoxy) is 1. The molecule has 3 aromatic rings. The fourth-order valence-electron chi connectivity index (χ4n) is 2.99. The molecule has 0 bridgehead atoms. The van der Waals surface area contributed by atoms with E-state index in [1.54, 1.807) is 30.5 Å². The summed E-state index contributed by atoms with van der Waals surface area (Å²) in [6, 6.07) is 6.91. The number of benzene rings is 1. The highest BCUT2D eigenvalue weighted by atomic mass is 35.5. The second-order valence-electron chi connectivity index (χ2n) is 6.06. The summed E-state index contributed by atoms with van der Waals surface area (Å²) in [6.07, 6.45) is 1.66. The molecule has 1 amide bonds. The average molecular weight is 389 g/mol. The number of fused-ring (bicyclic) bond motifs is 1. The highest BCUT2D eigenvalue weighted by molar-refractivity contribution is 6.31. The Kier molecular flexibility index (Phi) is 5.41. The van der Waals surface area contributed by atoms with Gasteiger partial charge in [0.1, 0.15) is 5.75 Å². The van der Waals surface area contributed by atoms with Gasteiger partial charge in [0.15, 0.2) is 0 Å². The van der Waals surface area contributed by atoms with Gasteiger partial charge in [0.2, 0.25) is 0 Å². The molecule has 0 saturated heterocycles. The van der Waals surface area contributed by atoms with E-state index in [1.807, 2.05) is 13.8 Å². The van der Waals surface area contributed by atoms with Gasteiger partial charge >= 0.3 is 0 Å². The number of carbonyl (C=O) groups is 1. The molecule has 7 nitrogen and oxygen atoms in total. The summed E-state index contributed by atoms with van der Waals surface area (Å²) in [5.74, 6) is 0.114. The van der Waals surface area contributed by atoms with Crippen LogP contribution in [0.25, 0.3) is 5.52 Å². The summed E-state index contributed by atoms with van der Waals surface area (Å²) in [4.78, 5) is 25.4. The molecule has 0 aliphatic heterocycles. The number of anilines is 1. The van der Waals surface area contributed by atoms with Crippen LogP contribution in [0, 0.1) is 6.92 Å². The topological polar surface area (TPSA) is 87.6 Å². The van der Waals surface area contributed by atoms with Gasteiger partial charge in [-0.1, -0.05) is 11.6 Å². The largest absolute Gasteiger partial charge is 0.496 e. The summed E-state index contributed by atoms with van der Waals surface area (Å²) < 4.78 is 6.73. The van der Waals surface area contributed by atoms with Crippen molar-refractivity contribution in [3.05, 3.63) is 62.5 Å². The number of aromatic nitrogens is 2. The molecule has 0 spiro atoms. The third-order valence-electron chi connectivity index (χ3n) is 4.38. The maximum absolute atomic E-state index is 12.7. The minimum absolute atomic E-state index is 0.0330. The van der Waals surface area contributed by atoms with Crippen molar-refractivity contribution in [3.8, 4) is 5.75 Å². The second kappa shape index (κ2) is 7.75. The van der Waals surface area contributed by atoms with E-state index in [9.17, 15) is 9.59 Å². The number of H-pyrrole nitrogens is 1. The van der Waals surface area contributed by atoms with Crippen LogP contribution in [-0.2, 0) is 6.54 Å². The van der Waals surface area contributed by atoms with Gasteiger partial charge in [-0.15, -0.1) is 0 Å². The van der Waals surface area contributed by atoms with Crippen molar-refractivity contribution in [2.24, 2.45) is 0 Å². The number of hydrogen-bond acceptors (Lipinski definition) is 4. The van der Waals surface area contributed by atoms with E-state index in [4.69, 9.17) is 16.3 Å². The zero-order valence-electron chi connectivity index (χ0n) is 15.4. The number of nitrogens with one attached hydrogen (secondary N) is 3. The van der Waals surface area contributed by atoms with Crippen molar-refractivity contribution < 1.29 is 9.53 Å². The molecule has 0 atom stereocenters. The molecular weight excluding hydrogens is 368 g/mol. The molecule has 142 valence electrons. The fourth-order valence-corrected chi connectivity index (χ4v) is 3.21. The number of amides is 1. The van der Waals surface area contributed by atoms with E-state index in [0.717, 1.165) is 11.3 Å². The highest BCUT2D eigenvalue weighted by Crippen LogP contribution is 2.25. The second-order valence-corrected chi connectivity index (χ2v) is 6.49. The van der Waals surface area contributed by atoms with Crippen LogP contribution in [0.4, 0.5) is 5.69 Å². The lowest BCUT2D eigenvalue weighted by Crippen LogP contribution is -2.29. The van der Waals surface area contributed by atoms with Gasteiger partial charge < -0.3 is 15.4 Å². The van der Waals surface area contributed by atoms with E-state index in [-0.39, 0.29) is 18.0 Å². The first kappa shape index (κ1) is 18.8. The summed E-state index contributed by atoms with van der Waals surface area (Å²) in [5.41, 5.74) is 2.83. The zero-order valence-corrected chi connectivity index (χ0v) is 16.1. The smallest absolute Gasteiger partial charge is 0.278 e. The normalized spacial score (nSPS) is 10.8. The van der Waals surface area contributed by atoms with Gasteiger partial charge in [-0.3, -0.25) is 14.7 Å². The lowest BCUT2D eigenvalue weighted by Gasteiger charge is -2.14. The van der Waals surface area contributed by atoms with Crippen molar-refractivity contribution in [2.45, 2.75) is 20.4 Å². The number of halogens is 1. The molecule has 3 rings (SSSR count). The Morgan fingerprint density at radius 1 is 1.33 bits per heavy atom. The summed E-state index contributed by atoms with van der Waals surface area (Å²) in [6.45, 7) is 4.57. The number of rotatable bonds is 6. The van der Waals surface area contributed by atoms with Crippen molar-refractivity contribution in [1.29, 1.82) is 0 Å². The Hall–Kier alpha value is -2.93. The summed E-state index contributed by atoms with van der Waals surface area (Å²) in [5, 5.41) is 9.29. The molecule has 0 unspecified atom stereocenters. The molecule has 0 aliphatic carbocycles. The van der Waals surface area contributed by atoms with Crippen LogP contribution in [0.1, 0.15) is 28.4 Å². The molecule has 0 radical (unpaired) electrons. The molecule has 0 aliphatic rings. The Balaban J connectivity index is 1.90. The molecule has 3 N–H and O–H groups in total. The van der Waals surface area contributed by atoms with Gasteiger partial charge in [0.05, 0.1) is 24.7 Å². The van der Waals surface area contributed by atoms with Crippen LogP contribution in [0.5, 0.6) is 5.75 Å². The number of pyridine rings is 1. The lowest BCUT2D eigenvalue weighted by atomic mass is 10.1. The number of aromatic amines is 1. The standard InChI is InChI=1S/C19H21ClN4O3/c1-4-21-16-8-12(20)7-14(11(16)2)18(25)22-10-15-17(27-3)9-13-5-6-23-24(13)19(15)26/h5-9,21,23H,4,10H2,1-3H3,(H,22,25). The Labute approximate surface area is 161 Å². The first-order valence-electron chi connectivity index (χ1n) is 8.54. The van der Waals surface area contributed by atoms with Crippen LogP contribution in [0.2, 0.25) is 5.02 Å². The number of carbonyl (C=O) groups excluding carboxylic acids is 1. The maximum atomic E-state index is 12.7. The summed E-state index contributed by atoms with van der Waals surface area (Å²) in [7, 11) is 1.49. The average Bonchev–Trinajstić information content (AvgIpc) is 3.12. The molecule has 2 heterocycles. The maximum Gasteiger partial charge on any atom is 0.278 e. The van der Waals surface area contributed by atoms with E-state index in [2.05, 4.69) is 15.7 Å². The van der Waals surface area contributed by atoms with Gasteiger partial charge in [-0.25, -0.2) is 4.52 Å². The fraction of sp³-hybridized carbons (Fsp3) is 0.263.